The van der Waals surface area contributed by atoms with Gasteiger partial charge in [0.15, 0.2) is 0 Å². The molecule has 27 heavy (non-hydrogen) atoms. The Hall–Kier alpha value is -1.24. The maximum Gasteiger partial charge on any atom is 0.119 e. The summed E-state index contributed by atoms with van der Waals surface area (Å²) in [7, 11) is 0. The van der Waals surface area contributed by atoms with Crippen LogP contribution in [-0.4, -0.2) is 6.61 Å². The first-order valence-corrected chi connectivity index (χ1v) is 11.7. The van der Waals surface area contributed by atoms with Gasteiger partial charge in [-0.15, -0.1) is 0 Å². The third-order valence-corrected chi connectivity index (χ3v) is 6.04. The van der Waals surface area contributed by atoms with Crippen LogP contribution in [0.25, 0.3) is 0 Å². The van der Waals surface area contributed by atoms with E-state index in [0.717, 1.165) is 37.0 Å². The lowest BCUT2D eigenvalue weighted by Gasteiger charge is -2.26. The van der Waals surface area contributed by atoms with Crippen LogP contribution in [0.2, 0.25) is 0 Å². The van der Waals surface area contributed by atoms with Crippen LogP contribution in [0, 0.1) is 11.8 Å². The van der Waals surface area contributed by atoms with Crippen molar-refractivity contribution in [2.45, 2.75) is 97.3 Å². The van der Waals surface area contributed by atoms with Crippen LogP contribution < -0.4 is 4.74 Å². The summed E-state index contributed by atoms with van der Waals surface area (Å²) in [5.74, 6) is 2.87. The van der Waals surface area contributed by atoms with E-state index in [9.17, 15) is 0 Å². The summed E-state index contributed by atoms with van der Waals surface area (Å²) in [6, 6.07) is 8.74. The van der Waals surface area contributed by atoms with Crippen molar-refractivity contribution in [3.8, 4) is 5.75 Å². The highest BCUT2D eigenvalue weighted by molar-refractivity contribution is 5.27. The fourth-order valence-corrected chi connectivity index (χ4v) is 4.26. The van der Waals surface area contributed by atoms with Gasteiger partial charge in [0.05, 0.1) is 6.61 Å². The number of hydrogen-bond acceptors (Lipinski definition) is 1. The Morgan fingerprint density at radius 3 is 2.33 bits per heavy atom. The van der Waals surface area contributed by atoms with Gasteiger partial charge in [0.25, 0.3) is 0 Å². The third-order valence-electron chi connectivity index (χ3n) is 6.04. The van der Waals surface area contributed by atoms with Crippen molar-refractivity contribution in [1.82, 2.24) is 0 Å². The van der Waals surface area contributed by atoms with Gasteiger partial charge in [-0.2, -0.15) is 0 Å². The Morgan fingerprint density at radius 1 is 0.889 bits per heavy atom. The number of allylic oxidation sites excluding steroid dienone is 2. The predicted molar refractivity (Wildman–Crippen MR) is 119 cm³/mol. The van der Waals surface area contributed by atoms with E-state index >= 15 is 0 Å². The van der Waals surface area contributed by atoms with Crippen LogP contribution in [0.5, 0.6) is 5.75 Å². The highest BCUT2D eigenvalue weighted by Crippen LogP contribution is 2.32. The van der Waals surface area contributed by atoms with Gasteiger partial charge in [0, 0.05) is 0 Å². The molecule has 0 N–H and O–H groups in total. The van der Waals surface area contributed by atoms with Gasteiger partial charge < -0.3 is 4.74 Å². The summed E-state index contributed by atoms with van der Waals surface area (Å²) < 4.78 is 5.86. The van der Waals surface area contributed by atoms with Crippen molar-refractivity contribution < 1.29 is 4.74 Å². The van der Waals surface area contributed by atoms with Crippen LogP contribution in [0.3, 0.4) is 0 Å². The van der Waals surface area contributed by atoms with Crippen molar-refractivity contribution >= 4 is 0 Å². The first-order chi connectivity index (χ1) is 13.3. The second-order valence-electron chi connectivity index (χ2n) is 8.44. The molecule has 0 bridgehead atoms. The highest BCUT2D eigenvalue weighted by atomic mass is 16.5. The van der Waals surface area contributed by atoms with Crippen LogP contribution >= 0.6 is 0 Å². The smallest absolute Gasteiger partial charge is 0.119 e. The summed E-state index contributed by atoms with van der Waals surface area (Å²) in [5.41, 5.74) is 1.42. The molecule has 1 aliphatic carbocycles. The monoisotopic (exact) mass is 370 g/mol. The third kappa shape index (κ3) is 9.49. The van der Waals surface area contributed by atoms with E-state index in [1.807, 2.05) is 0 Å². The molecule has 0 aliphatic heterocycles. The van der Waals surface area contributed by atoms with Gasteiger partial charge >= 0.3 is 0 Å². The molecule has 1 saturated carbocycles. The Bertz CT molecular complexity index is 493. The zero-order chi connectivity index (χ0) is 19.2. The molecule has 2 rings (SSSR count). The molecule has 0 heterocycles. The molecule has 1 nitrogen and oxygen atoms in total. The summed E-state index contributed by atoms with van der Waals surface area (Å²) in [6.07, 6.45) is 22.2. The molecule has 152 valence electrons. The average molecular weight is 371 g/mol. The van der Waals surface area contributed by atoms with Crippen molar-refractivity contribution in [2.75, 3.05) is 6.61 Å². The van der Waals surface area contributed by atoms with E-state index < -0.39 is 0 Å². The summed E-state index contributed by atoms with van der Waals surface area (Å²) in [6.45, 7) is 5.43. The lowest BCUT2D eigenvalue weighted by Crippen LogP contribution is -2.12. The van der Waals surface area contributed by atoms with Crippen molar-refractivity contribution in [1.29, 1.82) is 0 Å². The number of aryl methyl sites for hydroxylation is 1. The molecule has 0 spiro atoms. The summed E-state index contributed by atoms with van der Waals surface area (Å²) in [5, 5.41) is 0. The van der Waals surface area contributed by atoms with E-state index in [1.165, 1.54) is 76.2 Å². The van der Waals surface area contributed by atoms with E-state index in [1.54, 1.807) is 0 Å². The van der Waals surface area contributed by atoms with Crippen molar-refractivity contribution in [3.63, 3.8) is 0 Å². The van der Waals surface area contributed by atoms with Crippen LogP contribution in [-0.2, 0) is 6.42 Å². The maximum atomic E-state index is 5.86. The Balaban J connectivity index is 1.57. The molecular formula is C26H42O. The number of benzene rings is 1. The van der Waals surface area contributed by atoms with Gasteiger partial charge in [-0.05, 0) is 74.5 Å². The molecule has 1 aromatic rings. The highest BCUT2D eigenvalue weighted by Gasteiger charge is 2.18. The van der Waals surface area contributed by atoms with Crippen molar-refractivity contribution in [3.05, 3.63) is 42.0 Å². The lowest BCUT2D eigenvalue weighted by molar-refractivity contribution is 0.294. The second kappa shape index (κ2) is 13.9. The second-order valence-corrected chi connectivity index (χ2v) is 8.44. The van der Waals surface area contributed by atoms with Crippen LogP contribution in [0.1, 0.15) is 96.5 Å². The predicted octanol–water partition coefficient (Wildman–Crippen LogP) is 8.13. The quantitative estimate of drug-likeness (QED) is 0.251. The number of ether oxygens (including phenoxy) is 1. The minimum Gasteiger partial charge on any atom is -0.494 e. The first-order valence-electron chi connectivity index (χ1n) is 11.7. The van der Waals surface area contributed by atoms with E-state index in [0.29, 0.717) is 0 Å². The number of rotatable bonds is 13. The minimum atomic E-state index is 0.839. The van der Waals surface area contributed by atoms with Crippen LogP contribution in [0.15, 0.2) is 36.4 Å². The Kier molecular flexibility index (Phi) is 11.3. The topological polar surface area (TPSA) is 9.23 Å². The molecule has 0 atom stereocenters. The average Bonchev–Trinajstić information content (AvgIpc) is 2.70. The van der Waals surface area contributed by atoms with E-state index in [2.05, 4.69) is 50.3 Å². The van der Waals surface area contributed by atoms with Crippen molar-refractivity contribution in [2.24, 2.45) is 11.8 Å². The normalized spacial score (nSPS) is 20.2. The minimum absolute atomic E-state index is 0.839. The summed E-state index contributed by atoms with van der Waals surface area (Å²) in [4.78, 5) is 0. The van der Waals surface area contributed by atoms with Gasteiger partial charge in [-0.1, -0.05) is 76.7 Å². The Labute approximate surface area is 168 Å². The molecule has 1 heteroatoms. The molecule has 0 unspecified atom stereocenters. The number of hydrogen-bond donors (Lipinski definition) is 0. The Morgan fingerprint density at radius 2 is 1.63 bits per heavy atom. The first kappa shape index (κ1) is 22.1. The SMILES string of the molecule is CCCCCCCOc1ccc(CCC=C[C@H]2CC[C@H](CCC)CC2)cc1. The molecule has 1 aliphatic rings. The van der Waals surface area contributed by atoms with Gasteiger partial charge in [-0.25, -0.2) is 0 Å². The zero-order valence-electron chi connectivity index (χ0n) is 17.9. The molecule has 0 radical (unpaired) electrons. The molecule has 0 saturated heterocycles. The molecule has 1 fully saturated rings. The van der Waals surface area contributed by atoms with E-state index in [-0.39, 0.29) is 0 Å². The molecular weight excluding hydrogens is 328 g/mol. The van der Waals surface area contributed by atoms with Gasteiger partial charge in [0.2, 0.25) is 0 Å². The standard InChI is InChI=1S/C26H42O/c1-3-5-6-7-10-22-27-26-20-18-25(19-21-26)13-9-8-12-24-16-14-23(11-4-2)15-17-24/h8,12,18-21,23-24H,3-7,9-11,13-17,22H2,1-2H3/t23-,24-. The molecule has 0 aromatic heterocycles. The largest absolute Gasteiger partial charge is 0.494 e. The van der Waals surface area contributed by atoms with E-state index in [4.69, 9.17) is 4.74 Å². The molecule has 1 aromatic carbocycles. The number of unbranched alkanes of at least 4 members (excludes halogenated alkanes) is 4. The summed E-state index contributed by atoms with van der Waals surface area (Å²) >= 11 is 0. The zero-order valence-corrected chi connectivity index (χ0v) is 17.9. The maximum absolute atomic E-state index is 5.86. The molecule has 0 amide bonds. The van der Waals surface area contributed by atoms with Gasteiger partial charge in [0.1, 0.15) is 5.75 Å². The lowest BCUT2D eigenvalue weighted by atomic mass is 9.80. The fraction of sp³-hybridized carbons (Fsp3) is 0.692. The fourth-order valence-electron chi connectivity index (χ4n) is 4.26. The van der Waals surface area contributed by atoms with Gasteiger partial charge in [-0.3, -0.25) is 0 Å². The van der Waals surface area contributed by atoms with Crippen LogP contribution in [0.4, 0.5) is 0 Å².